The summed E-state index contributed by atoms with van der Waals surface area (Å²) in [7, 11) is 0. The highest BCUT2D eigenvalue weighted by molar-refractivity contribution is 6.14. The van der Waals surface area contributed by atoms with E-state index in [1.54, 1.807) is 133 Å². The second-order valence-electron chi connectivity index (χ2n) is 15.6. The van der Waals surface area contributed by atoms with E-state index >= 15 is 0 Å². The minimum atomic E-state index is -0.172. The van der Waals surface area contributed by atoms with Crippen molar-refractivity contribution in [2.24, 2.45) is 0 Å². The van der Waals surface area contributed by atoms with Gasteiger partial charge < -0.3 is 37.9 Å². The van der Waals surface area contributed by atoms with E-state index < -0.39 is 0 Å². The third kappa shape index (κ3) is 11.7. The van der Waals surface area contributed by atoms with Gasteiger partial charge in [0.2, 0.25) is 0 Å². The molecule has 0 saturated carbocycles. The number of epoxide rings is 4. The molecule has 4 atom stereocenters. The van der Waals surface area contributed by atoms with Crippen LogP contribution in [-0.4, -0.2) is 100 Å². The van der Waals surface area contributed by atoms with Gasteiger partial charge in [0.05, 0.1) is 26.4 Å². The van der Waals surface area contributed by atoms with Crippen LogP contribution >= 0.6 is 0 Å². The van der Waals surface area contributed by atoms with Crippen LogP contribution in [0.3, 0.4) is 0 Å². The number of ether oxygens (including phenoxy) is 8. The molecule has 4 aliphatic rings. The highest BCUT2D eigenvalue weighted by atomic mass is 16.6. The number of carbonyl (C=O) groups excluding carboxylic acids is 4. The van der Waals surface area contributed by atoms with Crippen molar-refractivity contribution in [3.63, 3.8) is 0 Å². The average Bonchev–Trinajstić information content (AvgIpc) is 4.13. The Morgan fingerprint density at radius 2 is 0.578 bits per heavy atom. The van der Waals surface area contributed by atoms with Gasteiger partial charge in [-0.1, -0.05) is 66.7 Å². The SMILES string of the molecule is O=C(c1ccc(OCC2CO2)cc1)c1ccc(C(=O)c2ccc(OCC3CO3)cc2)cc1.O=C(c1cccc(OCC2CO2)c1)c1cccc(C(=O)c2cccc(OCC3CO3)c2)c1. The molecule has 6 aromatic rings. The van der Waals surface area contributed by atoms with Crippen molar-refractivity contribution >= 4 is 23.1 Å². The Hall–Kier alpha value is -6.96. The maximum atomic E-state index is 13.0. The molecule has 6 aromatic carbocycles. The minimum absolute atomic E-state index is 0.109. The van der Waals surface area contributed by atoms with Crippen LogP contribution in [0.4, 0.5) is 0 Å². The summed E-state index contributed by atoms with van der Waals surface area (Å²) >= 11 is 0. The Morgan fingerprint density at radius 3 is 0.891 bits per heavy atom. The van der Waals surface area contributed by atoms with Gasteiger partial charge in [0.15, 0.2) is 23.1 Å². The van der Waals surface area contributed by atoms with Gasteiger partial charge >= 0.3 is 0 Å². The number of hydrogen-bond donors (Lipinski definition) is 0. The molecular weight excluding hydrogens is 817 g/mol. The van der Waals surface area contributed by atoms with Gasteiger partial charge in [0.1, 0.15) is 73.8 Å². The van der Waals surface area contributed by atoms with Gasteiger partial charge in [-0.15, -0.1) is 0 Å². The molecule has 0 amide bonds. The molecule has 0 aromatic heterocycles. The third-order valence-corrected chi connectivity index (χ3v) is 10.6. The van der Waals surface area contributed by atoms with Gasteiger partial charge in [0.25, 0.3) is 0 Å². The first kappa shape index (κ1) is 42.3. The molecule has 4 aliphatic heterocycles. The molecule has 0 N–H and O–H groups in total. The summed E-state index contributed by atoms with van der Waals surface area (Å²) < 4.78 is 43.1. The standard InChI is InChI=1S/2C26H22O6/c27-25(19-6-2-8-21(11-19)29-13-23-15-31-23)17-4-1-5-18(10-17)26(28)20-7-3-9-22(12-20)30-14-24-16-32-24;27-25(19-5-9-21(10-6-19)29-13-23-15-31-23)17-1-2-18(4-3-17)26(28)20-7-11-22(12-8-20)30-14-24-16-32-24/h2*1-12,23-24H,13-16H2. The first-order valence-electron chi connectivity index (χ1n) is 21.1. The van der Waals surface area contributed by atoms with Crippen molar-refractivity contribution in [3.8, 4) is 23.0 Å². The molecule has 10 rings (SSSR count). The molecule has 0 radical (unpaired) electrons. The van der Waals surface area contributed by atoms with Crippen molar-refractivity contribution in [1.29, 1.82) is 0 Å². The Bertz CT molecular complexity index is 2430. The molecule has 64 heavy (non-hydrogen) atoms. The molecular formula is C52H44O12. The molecule has 0 spiro atoms. The van der Waals surface area contributed by atoms with Crippen LogP contribution in [0.15, 0.2) is 146 Å². The fourth-order valence-corrected chi connectivity index (χ4v) is 6.51. The number of rotatable bonds is 20. The molecule has 12 nitrogen and oxygen atoms in total. The molecule has 0 aliphatic carbocycles. The smallest absolute Gasteiger partial charge is 0.193 e. The maximum Gasteiger partial charge on any atom is 0.193 e. The van der Waals surface area contributed by atoms with Crippen LogP contribution < -0.4 is 18.9 Å². The van der Waals surface area contributed by atoms with Gasteiger partial charge in [-0.3, -0.25) is 19.2 Å². The summed E-state index contributed by atoms with van der Waals surface area (Å²) in [5.41, 5.74) is 4.05. The van der Waals surface area contributed by atoms with E-state index in [4.69, 9.17) is 37.9 Å². The fraction of sp³-hybridized carbons (Fsp3) is 0.231. The zero-order chi connectivity index (χ0) is 43.8. The summed E-state index contributed by atoms with van der Waals surface area (Å²) in [6, 6.07) is 41.6. The van der Waals surface area contributed by atoms with Crippen molar-refractivity contribution in [3.05, 3.63) is 190 Å². The second-order valence-corrected chi connectivity index (χ2v) is 15.6. The lowest BCUT2D eigenvalue weighted by Gasteiger charge is -2.09. The summed E-state index contributed by atoms with van der Waals surface area (Å²) in [5.74, 6) is 2.08. The Labute approximate surface area is 369 Å². The van der Waals surface area contributed by atoms with E-state index in [0.717, 1.165) is 13.2 Å². The zero-order valence-corrected chi connectivity index (χ0v) is 34.7. The highest BCUT2D eigenvalue weighted by Gasteiger charge is 2.26. The lowest BCUT2D eigenvalue weighted by Crippen LogP contribution is -2.08. The van der Waals surface area contributed by atoms with Gasteiger partial charge in [-0.2, -0.15) is 0 Å². The first-order valence-corrected chi connectivity index (χ1v) is 21.1. The number of carbonyl (C=O) groups is 4. The summed E-state index contributed by atoms with van der Waals surface area (Å²) in [5, 5.41) is 0. The van der Waals surface area contributed by atoms with E-state index in [0.29, 0.717) is 107 Å². The van der Waals surface area contributed by atoms with E-state index in [1.807, 2.05) is 12.1 Å². The van der Waals surface area contributed by atoms with E-state index in [-0.39, 0.29) is 47.5 Å². The van der Waals surface area contributed by atoms with Crippen LogP contribution in [0.25, 0.3) is 0 Å². The molecule has 4 unspecified atom stereocenters. The molecule has 4 fully saturated rings. The predicted molar refractivity (Wildman–Crippen MR) is 233 cm³/mol. The van der Waals surface area contributed by atoms with Crippen molar-refractivity contribution in [1.82, 2.24) is 0 Å². The molecule has 12 heteroatoms. The summed E-state index contributed by atoms with van der Waals surface area (Å²) in [6.07, 6.45) is 0.656. The normalized spacial score (nSPS) is 18.6. The van der Waals surface area contributed by atoms with Crippen LogP contribution in [0.5, 0.6) is 23.0 Å². The monoisotopic (exact) mass is 860 g/mol. The molecule has 0 bridgehead atoms. The third-order valence-electron chi connectivity index (χ3n) is 10.6. The van der Waals surface area contributed by atoms with Crippen LogP contribution in [0.1, 0.15) is 63.7 Å². The Kier molecular flexibility index (Phi) is 13.0. The topological polar surface area (TPSA) is 155 Å². The van der Waals surface area contributed by atoms with Gasteiger partial charge in [-0.05, 0) is 78.9 Å². The fourth-order valence-electron chi connectivity index (χ4n) is 6.51. The minimum Gasteiger partial charge on any atom is -0.491 e. The molecule has 4 saturated heterocycles. The van der Waals surface area contributed by atoms with Crippen molar-refractivity contribution in [2.45, 2.75) is 24.4 Å². The van der Waals surface area contributed by atoms with E-state index in [2.05, 4.69) is 0 Å². The summed E-state index contributed by atoms with van der Waals surface area (Å²) in [4.78, 5) is 51.6. The second kappa shape index (κ2) is 19.6. The maximum absolute atomic E-state index is 13.0. The lowest BCUT2D eigenvalue weighted by molar-refractivity contribution is 0.102. The number of benzene rings is 6. The zero-order valence-electron chi connectivity index (χ0n) is 34.7. The van der Waals surface area contributed by atoms with Gasteiger partial charge in [0, 0.05) is 44.5 Å². The van der Waals surface area contributed by atoms with Gasteiger partial charge in [-0.25, -0.2) is 0 Å². The number of ketones is 4. The van der Waals surface area contributed by atoms with Crippen molar-refractivity contribution in [2.75, 3.05) is 52.9 Å². The van der Waals surface area contributed by atoms with Crippen LogP contribution in [0.2, 0.25) is 0 Å². The lowest BCUT2D eigenvalue weighted by atomic mass is 9.97. The van der Waals surface area contributed by atoms with Crippen LogP contribution in [-0.2, 0) is 18.9 Å². The Balaban J connectivity index is 0.000000162. The van der Waals surface area contributed by atoms with E-state index in [9.17, 15) is 19.2 Å². The highest BCUT2D eigenvalue weighted by Crippen LogP contribution is 2.24. The summed E-state index contributed by atoms with van der Waals surface area (Å²) in [6.45, 7) is 4.89. The first-order chi connectivity index (χ1) is 31.3. The van der Waals surface area contributed by atoms with E-state index in [1.165, 1.54) is 0 Å². The van der Waals surface area contributed by atoms with Crippen LogP contribution in [0, 0.1) is 0 Å². The predicted octanol–water partition coefficient (Wildman–Crippen LogP) is 7.41. The molecule has 4 heterocycles. The average molecular weight is 861 g/mol. The quantitative estimate of drug-likeness (QED) is 0.0555. The Morgan fingerprint density at radius 1 is 0.328 bits per heavy atom. The van der Waals surface area contributed by atoms with Crippen molar-refractivity contribution < 1.29 is 57.1 Å². The molecule has 324 valence electrons. The number of hydrogen-bond acceptors (Lipinski definition) is 12. The largest absolute Gasteiger partial charge is 0.491 e.